The van der Waals surface area contributed by atoms with Crippen LogP contribution in [-0.4, -0.2) is 50.7 Å². The average molecular weight is 497 g/mol. The lowest BCUT2D eigenvalue weighted by Gasteiger charge is -2.29. The Balaban J connectivity index is 1.47. The highest BCUT2D eigenvalue weighted by Gasteiger charge is 2.43. The normalized spacial score (nSPS) is 19.7. The summed E-state index contributed by atoms with van der Waals surface area (Å²) >= 11 is 1.60. The van der Waals surface area contributed by atoms with Gasteiger partial charge in [0.05, 0.1) is 33.9 Å². The highest BCUT2D eigenvalue weighted by molar-refractivity contribution is 7.13. The van der Waals surface area contributed by atoms with Crippen LogP contribution >= 0.6 is 11.3 Å². The van der Waals surface area contributed by atoms with E-state index in [4.69, 9.17) is 4.52 Å². The van der Waals surface area contributed by atoms with Crippen LogP contribution in [0, 0.1) is 19.8 Å². The number of aromatic nitrogens is 2. The number of carbonyl (C=O) groups is 2. The number of rotatable bonds is 7. The van der Waals surface area contributed by atoms with Crippen molar-refractivity contribution in [3.05, 3.63) is 58.6 Å². The molecule has 8 nitrogen and oxygen atoms in total. The molecule has 1 saturated heterocycles. The molecule has 0 unspecified atom stereocenters. The Labute approximate surface area is 209 Å². The molecule has 0 aliphatic carbocycles. The summed E-state index contributed by atoms with van der Waals surface area (Å²) in [5.74, 6) is -0.661. The summed E-state index contributed by atoms with van der Waals surface area (Å²) < 4.78 is 5.39. The van der Waals surface area contributed by atoms with Gasteiger partial charge in [0.25, 0.3) is 0 Å². The van der Waals surface area contributed by atoms with Gasteiger partial charge in [0.1, 0.15) is 17.7 Å². The number of likely N-dealkylation sites (tertiary alicyclic amines) is 1. The maximum absolute atomic E-state index is 13.5. The molecule has 1 fully saturated rings. The summed E-state index contributed by atoms with van der Waals surface area (Å²) in [4.78, 5) is 33.7. The van der Waals surface area contributed by atoms with Crippen LogP contribution in [0.5, 0.6) is 0 Å². The molecule has 4 atom stereocenters. The number of nitrogens with zero attached hydrogens (tertiary/aromatic N) is 3. The quantitative estimate of drug-likeness (QED) is 0.512. The van der Waals surface area contributed by atoms with Crippen LogP contribution in [0.4, 0.5) is 0 Å². The molecule has 2 aromatic heterocycles. The summed E-state index contributed by atoms with van der Waals surface area (Å²) in [5, 5.41) is 17.3. The minimum atomic E-state index is -0.754. The van der Waals surface area contributed by atoms with Gasteiger partial charge in [-0.1, -0.05) is 43.3 Å². The van der Waals surface area contributed by atoms with Crippen molar-refractivity contribution in [2.75, 3.05) is 6.54 Å². The minimum absolute atomic E-state index is 0.0593. The van der Waals surface area contributed by atoms with E-state index in [1.807, 2.05) is 57.5 Å². The van der Waals surface area contributed by atoms with Crippen LogP contribution in [0.25, 0.3) is 10.4 Å². The molecule has 4 rings (SSSR count). The number of thiazole rings is 1. The first-order valence-electron chi connectivity index (χ1n) is 11.9. The molecule has 9 heteroatoms. The molecule has 2 amide bonds. The second-order valence-electron chi connectivity index (χ2n) is 9.61. The largest absolute Gasteiger partial charge is 0.391 e. The Kier molecular flexibility index (Phi) is 7.37. The smallest absolute Gasteiger partial charge is 0.243 e. The number of amides is 2. The van der Waals surface area contributed by atoms with Gasteiger partial charge in [-0.05, 0) is 37.8 Å². The molecule has 0 radical (unpaired) electrons. The lowest BCUT2D eigenvalue weighted by atomic mass is 9.91. The number of aliphatic hydroxyl groups excluding tert-OH is 1. The topological polar surface area (TPSA) is 109 Å². The van der Waals surface area contributed by atoms with Gasteiger partial charge in [0, 0.05) is 19.0 Å². The predicted octanol–water partition coefficient (Wildman–Crippen LogP) is 3.99. The predicted molar refractivity (Wildman–Crippen MR) is 134 cm³/mol. The number of aryl methyl sites for hydroxylation is 2. The van der Waals surface area contributed by atoms with Crippen LogP contribution in [0.1, 0.15) is 61.9 Å². The van der Waals surface area contributed by atoms with E-state index in [1.54, 1.807) is 24.3 Å². The van der Waals surface area contributed by atoms with E-state index in [1.165, 1.54) is 4.90 Å². The highest BCUT2D eigenvalue weighted by Crippen LogP contribution is 2.32. The maximum Gasteiger partial charge on any atom is 0.243 e. The summed E-state index contributed by atoms with van der Waals surface area (Å²) in [7, 11) is 0. The van der Waals surface area contributed by atoms with E-state index in [0.717, 1.165) is 21.7 Å². The Hall–Kier alpha value is -3.04. The average Bonchev–Trinajstić information content (AvgIpc) is 3.53. The molecule has 0 spiro atoms. The molecule has 1 aromatic carbocycles. The number of hydrogen-bond donors (Lipinski definition) is 2. The van der Waals surface area contributed by atoms with Crippen molar-refractivity contribution in [3.63, 3.8) is 0 Å². The van der Waals surface area contributed by atoms with Crippen molar-refractivity contribution in [2.45, 2.75) is 65.1 Å². The first-order chi connectivity index (χ1) is 16.7. The van der Waals surface area contributed by atoms with Crippen LogP contribution in [0.3, 0.4) is 0 Å². The molecule has 3 heterocycles. The summed E-state index contributed by atoms with van der Waals surface area (Å²) in [6.07, 6.45) is -0.551. The van der Waals surface area contributed by atoms with Gasteiger partial charge in [0.2, 0.25) is 11.8 Å². The zero-order valence-corrected chi connectivity index (χ0v) is 21.5. The third kappa shape index (κ3) is 5.31. The van der Waals surface area contributed by atoms with Crippen molar-refractivity contribution in [1.29, 1.82) is 0 Å². The van der Waals surface area contributed by atoms with Crippen molar-refractivity contribution in [2.24, 2.45) is 5.92 Å². The SMILES string of the molecule is Cc1cc([C@@H](C(=O)N2C[C@H](O)C[C@H]2C(=O)N[C@@H](C)c2ccc(-c3scnc3C)cc2)C(C)C)on1. The van der Waals surface area contributed by atoms with Gasteiger partial charge in [-0.2, -0.15) is 0 Å². The first kappa shape index (κ1) is 25.1. The second kappa shape index (κ2) is 10.3. The number of hydrogen-bond acceptors (Lipinski definition) is 7. The van der Waals surface area contributed by atoms with Gasteiger partial charge in [-0.25, -0.2) is 4.98 Å². The Morgan fingerprint density at radius 2 is 1.91 bits per heavy atom. The monoisotopic (exact) mass is 496 g/mol. The van der Waals surface area contributed by atoms with E-state index in [-0.39, 0.29) is 36.7 Å². The van der Waals surface area contributed by atoms with Crippen LogP contribution in [0.15, 0.2) is 40.4 Å². The van der Waals surface area contributed by atoms with Crippen molar-refractivity contribution < 1.29 is 19.2 Å². The number of benzene rings is 1. The Morgan fingerprint density at radius 1 is 1.20 bits per heavy atom. The zero-order valence-electron chi connectivity index (χ0n) is 20.7. The molecule has 2 N–H and O–H groups in total. The van der Waals surface area contributed by atoms with Crippen molar-refractivity contribution in [3.8, 4) is 10.4 Å². The molecule has 1 aliphatic rings. The maximum atomic E-state index is 13.5. The lowest BCUT2D eigenvalue weighted by molar-refractivity contribution is -0.141. The second-order valence-corrected chi connectivity index (χ2v) is 10.5. The minimum Gasteiger partial charge on any atom is -0.391 e. The Bertz CT molecular complexity index is 1190. The molecule has 35 heavy (non-hydrogen) atoms. The summed E-state index contributed by atoms with van der Waals surface area (Å²) in [5.41, 5.74) is 5.56. The van der Waals surface area contributed by atoms with Gasteiger partial charge >= 0.3 is 0 Å². The lowest BCUT2D eigenvalue weighted by Crippen LogP contribution is -2.48. The number of nitrogens with one attached hydrogen (secondary N) is 1. The van der Waals surface area contributed by atoms with Gasteiger partial charge < -0.3 is 19.8 Å². The molecule has 186 valence electrons. The van der Waals surface area contributed by atoms with E-state index in [0.29, 0.717) is 11.5 Å². The molecule has 3 aromatic rings. The van der Waals surface area contributed by atoms with Crippen LogP contribution in [0.2, 0.25) is 0 Å². The fourth-order valence-electron chi connectivity index (χ4n) is 4.64. The molecular weight excluding hydrogens is 464 g/mol. The highest BCUT2D eigenvalue weighted by atomic mass is 32.1. The van der Waals surface area contributed by atoms with E-state index in [9.17, 15) is 14.7 Å². The van der Waals surface area contributed by atoms with E-state index < -0.39 is 18.1 Å². The van der Waals surface area contributed by atoms with E-state index in [2.05, 4.69) is 15.5 Å². The number of β-amino-alcohol motifs (C(OH)–C–C–N with tert-alkyl or cyclic N) is 1. The van der Waals surface area contributed by atoms with Gasteiger partial charge in [-0.3, -0.25) is 9.59 Å². The fraction of sp³-hybridized carbons (Fsp3) is 0.462. The fourth-order valence-corrected chi connectivity index (χ4v) is 5.46. The third-order valence-corrected chi connectivity index (χ3v) is 7.50. The third-order valence-electron chi connectivity index (χ3n) is 6.53. The standard InChI is InChI=1S/C26H32N4O4S/c1-14(2)23(22-10-15(3)29-34-22)26(33)30-12-20(31)11-21(30)25(32)28-16(4)18-6-8-19(9-7-18)24-17(5)27-13-35-24/h6-10,13-14,16,20-21,23,31H,11-12H2,1-5H3,(H,28,32)/t16-,20+,21-,23-/m0/s1. The molecule has 1 aliphatic heterocycles. The molecule has 0 bridgehead atoms. The first-order valence-corrected chi connectivity index (χ1v) is 12.8. The van der Waals surface area contributed by atoms with Crippen LogP contribution < -0.4 is 5.32 Å². The number of aliphatic hydroxyl groups is 1. The van der Waals surface area contributed by atoms with E-state index >= 15 is 0 Å². The number of carbonyl (C=O) groups excluding carboxylic acids is 2. The summed E-state index contributed by atoms with van der Waals surface area (Å²) in [6, 6.07) is 8.79. The van der Waals surface area contributed by atoms with Gasteiger partial charge in [-0.15, -0.1) is 11.3 Å². The van der Waals surface area contributed by atoms with Crippen LogP contribution in [-0.2, 0) is 9.59 Å². The molecule has 0 saturated carbocycles. The van der Waals surface area contributed by atoms with Crippen molar-refractivity contribution in [1.82, 2.24) is 20.4 Å². The van der Waals surface area contributed by atoms with Crippen molar-refractivity contribution >= 4 is 23.2 Å². The van der Waals surface area contributed by atoms with Gasteiger partial charge in [0.15, 0.2) is 0 Å². The Morgan fingerprint density at radius 3 is 2.49 bits per heavy atom. The summed E-state index contributed by atoms with van der Waals surface area (Å²) in [6.45, 7) is 9.68. The zero-order chi connectivity index (χ0) is 25.3. The molecular formula is C26H32N4O4S.